The molecule has 1 aliphatic heterocycles. The topological polar surface area (TPSA) is 64.7 Å². The van der Waals surface area contributed by atoms with Gasteiger partial charge in [-0.25, -0.2) is 4.79 Å². The number of likely N-dealkylation sites (tertiary alicyclic amines) is 1. The van der Waals surface area contributed by atoms with E-state index in [0.717, 1.165) is 37.2 Å². The molecule has 6 heteroatoms. The molecule has 6 nitrogen and oxygen atoms in total. The summed E-state index contributed by atoms with van der Waals surface area (Å²) >= 11 is 0. The molecule has 2 aromatic heterocycles. The SMILES string of the molecule is CCOC(=O)c1cc2oc(C)cc2n1CC(=O)N1CCCC(C)C1. The number of esters is 1. The van der Waals surface area contributed by atoms with Gasteiger partial charge in [-0.2, -0.15) is 0 Å². The Hall–Kier alpha value is -2.24. The summed E-state index contributed by atoms with van der Waals surface area (Å²) in [6.07, 6.45) is 2.19. The van der Waals surface area contributed by atoms with Gasteiger partial charge in [0.2, 0.25) is 5.91 Å². The first-order valence-corrected chi connectivity index (χ1v) is 8.54. The highest BCUT2D eigenvalue weighted by Gasteiger charge is 2.25. The number of aromatic nitrogens is 1. The summed E-state index contributed by atoms with van der Waals surface area (Å²) in [4.78, 5) is 26.8. The van der Waals surface area contributed by atoms with Crippen LogP contribution in [0.2, 0.25) is 0 Å². The number of hydrogen-bond donors (Lipinski definition) is 0. The lowest BCUT2D eigenvalue weighted by atomic mass is 10.0. The van der Waals surface area contributed by atoms with Gasteiger partial charge in [-0.05, 0) is 32.6 Å². The van der Waals surface area contributed by atoms with Crippen molar-refractivity contribution in [2.75, 3.05) is 19.7 Å². The molecule has 1 aliphatic rings. The van der Waals surface area contributed by atoms with E-state index >= 15 is 0 Å². The first-order chi connectivity index (χ1) is 11.5. The van der Waals surface area contributed by atoms with E-state index in [1.54, 1.807) is 17.6 Å². The molecule has 0 radical (unpaired) electrons. The second kappa shape index (κ2) is 6.71. The molecule has 3 rings (SSSR count). The highest BCUT2D eigenvalue weighted by Crippen LogP contribution is 2.25. The number of fused-ring (bicyclic) bond motifs is 1. The molecule has 130 valence electrons. The van der Waals surface area contributed by atoms with E-state index in [-0.39, 0.29) is 12.5 Å². The van der Waals surface area contributed by atoms with Crippen molar-refractivity contribution in [1.29, 1.82) is 0 Å². The van der Waals surface area contributed by atoms with Crippen molar-refractivity contribution in [2.45, 2.75) is 40.2 Å². The molecule has 24 heavy (non-hydrogen) atoms. The van der Waals surface area contributed by atoms with Crippen molar-refractivity contribution in [1.82, 2.24) is 9.47 Å². The molecule has 0 bridgehead atoms. The van der Waals surface area contributed by atoms with Crippen molar-refractivity contribution in [3.63, 3.8) is 0 Å². The Bertz CT molecular complexity index is 758. The van der Waals surface area contributed by atoms with E-state index in [0.29, 0.717) is 23.8 Å². The lowest BCUT2D eigenvalue weighted by Crippen LogP contribution is -2.41. The lowest BCUT2D eigenvalue weighted by Gasteiger charge is -2.31. The van der Waals surface area contributed by atoms with Gasteiger partial charge in [-0.15, -0.1) is 0 Å². The first-order valence-electron chi connectivity index (χ1n) is 8.54. The van der Waals surface area contributed by atoms with Crippen LogP contribution in [0.3, 0.4) is 0 Å². The lowest BCUT2D eigenvalue weighted by molar-refractivity contribution is -0.133. The van der Waals surface area contributed by atoms with Gasteiger partial charge in [0.15, 0.2) is 5.58 Å². The van der Waals surface area contributed by atoms with Crippen LogP contribution in [0.5, 0.6) is 0 Å². The Morgan fingerprint density at radius 1 is 1.38 bits per heavy atom. The fraction of sp³-hybridized carbons (Fsp3) is 0.556. The van der Waals surface area contributed by atoms with E-state index < -0.39 is 5.97 Å². The van der Waals surface area contributed by atoms with Crippen molar-refractivity contribution in [3.05, 3.63) is 23.6 Å². The largest absolute Gasteiger partial charge is 0.461 e. The van der Waals surface area contributed by atoms with Crippen molar-refractivity contribution < 1.29 is 18.7 Å². The smallest absolute Gasteiger partial charge is 0.355 e. The minimum Gasteiger partial charge on any atom is -0.461 e. The normalized spacial score (nSPS) is 18.1. The fourth-order valence-electron chi connectivity index (χ4n) is 3.36. The number of piperidine rings is 1. The zero-order valence-electron chi connectivity index (χ0n) is 14.5. The maximum Gasteiger partial charge on any atom is 0.355 e. The summed E-state index contributed by atoms with van der Waals surface area (Å²) in [6.45, 7) is 7.76. The summed E-state index contributed by atoms with van der Waals surface area (Å²) in [5.41, 5.74) is 1.73. The van der Waals surface area contributed by atoms with E-state index in [9.17, 15) is 9.59 Å². The number of nitrogens with zero attached hydrogens (tertiary/aromatic N) is 2. The third-order valence-corrected chi connectivity index (χ3v) is 4.50. The molecule has 0 aromatic carbocycles. The molecule has 1 saturated heterocycles. The van der Waals surface area contributed by atoms with Gasteiger partial charge in [0.1, 0.15) is 18.0 Å². The van der Waals surface area contributed by atoms with Gasteiger partial charge < -0.3 is 18.6 Å². The molecular weight excluding hydrogens is 308 g/mol. The number of carbonyl (C=O) groups is 2. The Labute approximate surface area is 141 Å². The van der Waals surface area contributed by atoms with Gasteiger partial charge in [-0.1, -0.05) is 6.92 Å². The van der Waals surface area contributed by atoms with Crippen molar-refractivity contribution in [2.24, 2.45) is 5.92 Å². The van der Waals surface area contributed by atoms with Gasteiger partial charge >= 0.3 is 5.97 Å². The molecule has 0 aliphatic carbocycles. The second-order valence-electron chi connectivity index (χ2n) is 6.53. The summed E-state index contributed by atoms with van der Waals surface area (Å²) in [5.74, 6) is 0.876. The zero-order chi connectivity index (χ0) is 17.3. The van der Waals surface area contributed by atoms with Crippen LogP contribution in [-0.2, 0) is 16.1 Å². The highest BCUT2D eigenvalue weighted by molar-refractivity contribution is 5.95. The monoisotopic (exact) mass is 332 g/mol. The van der Waals surface area contributed by atoms with Crippen LogP contribution >= 0.6 is 0 Å². The molecule has 1 atom stereocenters. The number of aryl methyl sites for hydroxylation is 1. The summed E-state index contributed by atoms with van der Waals surface area (Å²) in [7, 11) is 0. The average Bonchev–Trinajstić information content (AvgIpc) is 3.05. The Balaban J connectivity index is 1.89. The molecule has 2 aromatic rings. The molecule has 0 saturated carbocycles. The van der Waals surface area contributed by atoms with Gasteiger partial charge in [-0.3, -0.25) is 4.79 Å². The van der Waals surface area contributed by atoms with Crippen molar-refractivity contribution in [3.8, 4) is 0 Å². The molecule has 3 heterocycles. The van der Waals surface area contributed by atoms with Crippen LogP contribution in [0, 0.1) is 12.8 Å². The van der Waals surface area contributed by atoms with E-state index in [2.05, 4.69) is 6.92 Å². The number of amides is 1. The van der Waals surface area contributed by atoms with Crippen LogP contribution in [0.15, 0.2) is 16.5 Å². The molecule has 1 amide bonds. The Morgan fingerprint density at radius 2 is 2.17 bits per heavy atom. The third kappa shape index (κ3) is 3.18. The number of carbonyl (C=O) groups excluding carboxylic acids is 2. The maximum absolute atomic E-state index is 12.7. The molecule has 0 N–H and O–H groups in total. The second-order valence-corrected chi connectivity index (χ2v) is 6.53. The van der Waals surface area contributed by atoms with Gasteiger partial charge in [0, 0.05) is 25.2 Å². The fourth-order valence-corrected chi connectivity index (χ4v) is 3.36. The Kier molecular flexibility index (Phi) is 4.64. The predicted molar refractivity (Wildman–Crippen MR) is 89.9 cm³/mol. The Morgan fingerprint density at radius 3 is 2.88 bits per heavy atom. The minimum absolute atomic E-state index is 0.0310. The van der Waals surface area contributed by atoms with Crippen LogP contribution in [-0.4, -0.2) is 41.0 Å². The van der Waals surface area contributed by atoms with Crippen LogP contribution in [0.4, 0.5) is 0 Å². The van der Waals surface area contributed by atoms with E-state index in [4.69, 9.17) is 9.15 Å². The summed E-state index contributed by atoms with van der Waals surface area (Å²) in [5, 5.41) is 0. The van der Waals surface area contributed by atoms with Crippen LogP contribution in [0.25, 0.3) is 11.1 Å². The van der Waals surface area contributed by atoms with E-state index in [1.165, 1.54) is 0 Å². The number of hydrogen-bond acceptors (Lipinski definition) is 4. The summed E-state index contributed by atoms with van der Waals surface area (Å²) < 4.78 is 12.4. The number of rotatable bonds is 4. The van der Waals surface area contributed by atoms with E-state index in [1.807, 2.05) is 17.9 Å². The quantitative estimate of drug-likeness (QED) is 0.808. The molecular formula is C18H24N2O4. The average molecular weight is 332 g/mol. The maximum atomic E-state index is 12.7. The van der Waals surface area contributed by atoms with Crippen LogP contribution < -0.4 is 0 Å². The number of furan rings is 1. The first kappa shape index (κ1) is 16.6. The van der Waals surface area contributed by atoms with Gasteiger partial charge in [0.25, 0.3) is 0 Å². The minimum atomic E-state index is -0.429. The molecule has 1 fully saturated rings. The molecule has 0 spiro atoms. The molecule has 1 unspecified atom stereocenters. The number of ether oxygens (including phenoxy) is 1. The zero-order valence-corrected chi connectivity index (χ0v) is 14.5. The van der Waals surface area contributed by atoms with Gasteiger partial charge in [0.05, 0.1) is 12.1 Å². The highest BCUT2D eigenvalue weighted by atomic mass is 16.5. The summed E-state index contributed by atoms with van der Waals surface area (Å²) in [6, 6.07) is 3.51. The van der Waals surface area contributed by atoms with Crippen LogP contribution in [0.1, 0.15) is 42.9 Å². The predicted octanol–water partition coefficient (Wildman–Crippen LogP) is 2.98. The van der Waals surface area contributed by atoms with Crippen molar-refractivity contribution >= 4 is 23.0 Å². The standard InChI is InChI=1S/C18H24N2O4/c1-4-23-18(22)15-9-16-14(8-13(3)24-16)20(15)11-17(21)19-7-5-6-12(2)10-19/h8-9,12H,4-7,10-11H2,1-3H3. The third-order valence-electron chi connectivity index (χ3n) is 4.50.